The molecule has 1 amide bonds. The minimum Gasteiger partial charge on any atom is -0.495 e. The molecule has 1 heterocycles. The number of pyridine rings is 1. The standard InChI is InChI=1S/C23H25N3O4S2/c1-5-31-22-13-11-17(15-24-22)25-23(27)19-14-18(12-10-16(19)2)32(28,29)26(3)20-8-6-7-9-21(20)30-4/h6-15H,5H2,1-4H3,(H,25,27). The summed E-state index contributed by atoms with van der Waals surface area (Å²) in [4.78, 5) is 17.2. The van der Waals surface area contributed by atoms with Crippen LogP contribution in [0.2, 0.25) is 0 Å². The number of methoxy groups -OCH3 is 1. The van der Waals surface area contributed by atoms with E-state index in [-0.39, 0.29) is 10.5 Å². The maximum atomic E-state index is 13.3. The Morgan fingerprint density at radius 3 is 2.56 bits per heavy atom. The Kier molecular flexibility index (Phi) is 7.42. The molecule has 3 aromatic rings. The molecule has 0 unspecified atom stereocenters. The number of sulfonamides is 1. The smallest absolute Gasteiger partial charge is 0.264 e. The second kappa shape index (κ2) is 10.1. The number of carbonyl (C=O) groups is 1. The van der Waals surface area contributed by atoms with Crippen molar-refractivity contribution in [3.05, 3.63) is 71.9 Å². The number of thioether (sulfide) groups is 1. The maximum Gasteiger partial charge on any atom is 0.264 e. The zero-order valence-electron chi connectivity index (χ0n) is 18.3. The summed E-state index contributed by atoms with van der Waals surface area (Å²) in [6.07, 6.45) is 1.58. The highest BCUT2D eigenvalue weighted by Crippen LogP contribution is 2.31. The van der Waals surface area contributed by atoms with Crippen LogP contribution >= 0.6 is 11.8 Å². The van der Waals surface area contributed by atoms with Crippen LogP contribution in [0.25, 0.3) is 0 Å². The fourth-order valence-corrected chi connectivity index (χ4v) is 4.89. The third-order valence-corrected chi connectivity index (χ3v) is 7.42. The molecule has 0 spiro atoms. The number of aromatic nitrogens is 1. The van der Waals surface area contributed by atoms with Crippen molar-refractivity contribution in [2.75, 3.05) is 29.5 Å². The number of amides is 1. The van der Waals surface area contributed by atoms with E-state index in [1.807, 2.05) is 13.0 Å². The highest BCUT2D eigenvalue weighted by molar-refractivity contribution is 7.99. The minimum atomic E-state index is -3.92. The van der Waals surface area contributed by atoms with Gasteiger partial charge in [-0.1, -0.05) is 25.1 Å². The molecule has 168 valence electrons. The first kappa shape index (κ1) is 23.6. The summed E-state index contributed by atoms with van der Waals surface area (Å²) in [6, 6.07) is 15.0. The van der Waals surface area contributed by atoms with Crippen molar-refractivity contribution in [1.82, 2.24) is 4.98 Å². The van der Waals surface area contributed by atoms with Crippen LogP contribution in [0.5, 0.6) is 5.75 Å². The van der Waals surface area contributed by atoms with Gasteiger partial charge in [0.25, 0.3) is 15.9 Å². The first-order chi connectivity index (χ1) is 15.3. The van der Waals surface area contributed by atoms with Gasteiger partial charge in [0.15, 0.2) is 0 Å². The molecule has 0 aliphatic heterocycles. The Hall–Kier alpha value is -3.04. The molecular weight excluding hydrogens is 446 g/mol. The van der Waals surface area contributed by atoms with Crippen molar-refractivity contribution in [3.63, 3.8) is 0 Å². The molecule has 2 aromatic carbocycles. The lowest BCUT2D eigenvalue weighted by Crippen LogP contribution is -2.27. The number of anilines is 2. The quantitative estimate of drug-likeness (QED) is 0.484. The number of nitrogens with zero attached hydrogens (tertiary/aromatic N) is 2. The second-order valence-electron chi connectivity index (χ2n) is 6.89. The summed E-state index contributed by atoms with van der Waals surface area (Å²) in [5, 5.41) is 3.66. The predicted molar refractivity (Wildman–Crippen MR) is 128 cm³/mol. The van der Waals surface area contributed by atoms with Crippen LogP contribution in [0.4, 0.5) is 11.4 Å². The third kappa shape index (κ3) is 5.05. The van der Waals surface area contributed by atoms with E-state index in [2.05, 4.69) is 10.3 Å². The van der Waals surface area contributed by atoms with Crippen LogP contribution in [0.1, 0.15) is 22.8 Å². The molecular formula is C23H25N3O4S2. The number of hydrogen-bond donors (Lipinski definition) is 1. The van der Waals surface area contributed by atoms with Gasteiger partial charge in [-0.15, -0.1) is 11.8 Å². The third-order valence-electron chi connectivity index (χ3n) is 4.82. The molecule has 0 saturated carbocycles. The van der Waals surface area contributed by atoms with Gasteiger partial charge in [-0.3, -0.25) is 9.10 Å². The zero-order chi connectivity index (χ0) is 23.3. The van der Waals surface area contributed by atoms with E-state index in [1.165, 1.54) is 26.3 Å². The number of rotatable bonds is 8. The van der Waals surface area contributed by atoms with Gasteiger partial charge in [0.1, 0.15) is 5.75 Å². The van der Waals surface area contributed by atoms with Gasteiger partial charge in [-0.2, -0.15) is 0 Å². The summed E-state index contributed by atoms with van der Waals surface area (Å²) in [5.41, 5.74) is 1.87. The minimum absolute atomic E-state index is 0.00877. The van der Waals surface area contributed by atoms with Gasteiger partial charge in [0.2, 0.25) is 0 Å². The normalized spacial score (nSPS) is 11.1. The van der Waals surface area contributed by atoms with Gasteiger partial charge in [-0.25, -0.2) is 13.4 Å². The Bertz CT molecular complexity index is 1210. The summed E-state index contributed by atoms with van der Waals surface area (Å²) in [6.45, 7) is 3.80. The maximum absolute atomic E-state index is 13.3. The first-order valence-electron chi connectivity index (χ1n) is 9.90. The van der Waals surface area contributed by atoms with E-state index in [1.54, 1.807) is 61.3 Å². The molecule has 0 fully saturated rings. The summed E-state index contributed by atoms with van der Waals surface area (Å²) >= 11 is 1.61. The van der Waals surface area contributed by atoms with Gasteiger partial charge >= 0.3 is 0 Å². The van der Waals surface area contributed by atoms with Crippen molar-refractivity contribution in [2.24, 2.45) is 0 Å². The van der Waals surface area contributed by atoms with Crippen LogP contribution in [0.15, 0.2) is 70.7 Å². The molecule has 0 radical (unpaired) electrons. The highest BCUT2D eigenvalue weighted by Gasteiger charge is 2.25. The van der Waals surface area contributed by atoms with Gasteiger partial charge in [0.05, 0.1) is 34.6 Å². The number of aryl methyl sites for hydroxylation is 1. The summed E-state index contributed by atoms with van der Waals surface area (Å²) < 4.78 is 33.0. The predicted octanol–water partition coefficient (Wildman–Crippen LogP) is 4.59. The Balaban J connectivity index is 1.89. The molecule has 32 heavy (non-hydrogen) atoms. The van der Waals surface area contributed by atoms with Crippen LogP contribution in [-0.4, -0.2) is 39.2 Å². The molecule has 9 heteroatoms. The summed E-state index contributed by atoms with van der Waals surface area (Å²) in [7, 11) is -0.989. The van der Waals surface area contributed by atoms with Crippen LogP contribution in [0.3, 0.4) is 0 Å². The lowest BCUT2D eigenvalue weighted by atomic mass is 10.1. The van der Waals surface area contributed by atoms with Crippen molar-refractivity contribution in [3.8, 4) is 5.75 Å². The Morgan fingerprint density at radius 2 is 1.91 bits per heavy atom. The first-order valence-corrected chi connectivity index (χ1v) is 12.3. The number of benzene rings is 2. The van der Waals surface area contributed by atoms with Crippen molar-refractivity contribution >= 4 is 39.1 Å². The monoisotopic (exact) mass is 471 g/mol. The van der Waals surface area contributed by atoms with E-state index in [9.17, 15) is 13.2 Å². The molecule has 1 aromatic heterocycles. The molecule has 0 aliphatic carbocycles. The topological polar surface area (TPSA) is 88.6 Å². The number of hydrogen-bond acceptors (Lipinski definition) is 6. The fourth-order valence-electron chi connectivity index (χ4n) is 3.07. The molecule has 0 aliphatic rings. The lowest BCUT2D eigenvalue weighted by molar-refractivity contribution is 0.102. The Morgan fingerprint density at radius 1 is 1.16 bits per heavy atom. The average Bonchev–Trinajstić information content (AvgIpc) is 2.80. The molecule has 3 rings (SSSR count). The lowest BCUT2D eigenvalue weighted by Gasteiger charge is -2.22. The van der Waals surface area contributed by atoms with Crippen LogP contribution in [-0.2, 0) is 10.0 Å². The van der Waals surface area contributed by atoms with Crippen molar-refractivity contribution in [2.45, 2.75) is 23.8 Å². The van der Waals surface area contributed by atoms with Gasteiger partial charge in [0, 0.05) is 12.6 Å². The second-order valence-corrected chi connectivity index (χ2v) is 10.1. The number of ether oxygens (including phenoxy) is 1. The highest BCUT2D eigenvalue weighted by atomic mass is 32.2. The van der Waals surface area contributed by atoms with E-state index >= 15 is 0 Å². The zero-order valence-corrected chi connectivity index (χ0v) is 20.0. The molecule has 0 atom stereocenters. The van der Waals surface area contributed by atoms with Crippen molar-refractivity contribution < 1.29 is 17.9 Å². The van der Waals surface area contributed by atoms with Crippen molar-refractivity contribution in [1.29, 1.82) is 0 Å². The van der Waals surface area contributed by atoms with E-state index < -0.39 is 15.9 Å². The van der Waals surface area contributed by atoms with Gasteiger partial charge in [-0.05, 0) is 54.6 Å². The molecule has 7 nitrogen and oxygen atoms in total. The molecule has 0 saturated heterocycles. The molecule has 0 bridgehead atoms. The van der Waals surface area contributed by atoms with E-state index in [4.69, 9.17) is 4.74 Å². The number of nitrogens with one attached hydrogen (secondary N) is 1. The fraction of sp³-hybridized carbons (Fsp3) is 0.217. The van der Waals surface area contributed by atoms with Gasteiger partial charge < -0.3 is 10.1 Å². The SMILES string of the molecule is CCSc1ccc(NC(=O)c2cc(S(=O)(=O)N(C)c3ccccc3OC)ccc2C)cn1. The van der Waals surface area contributed by atoms with E-state index in [0.717, 1.165) is 15.1 Å². The summed E-state index contributed by atoms with van der Waals surface area (Å²) in [5.74, 6) is 0.931. The number of carbonyl (C=O) groups excluding carboxylic acids is 1. The largest absolute Gasteiger partial charge is 0.495 e. The molecule has 1 N–H and O–H groups in total. The van der Waals surface area contributed by atoms with Crippen LogP contribution < -0.4 is 14.4 Å². The average molecular weight is 472 g/mol. The van der Waals surface area contributed by atoms with E-state index in [0.29, 0.717) is 22.7 Å². The Labute approximate surface area is 192 Å². The number of para-hydroxylation sites is 2. The van der Waals surface area contributed by atoms with Crippen LogP contribution in [0, 0.1) is 6.92 Å².